The Morgan fingerprint density at radius 2 is 2.27 bits per heavy atom. The summed E-state index contributed by atoms with van der Waals surface area (Å²) in [4.78, 5) is 26.0. The lowest BCUT2D eigenvalue weighted by atomic mass is 10.3. The van der Waals surface area contributed by atoms with Crippen molar-refractivity contribution < 1.29 is 14.3 Å². The number of ketones is 1. The summed E-state index contributed by atoms with van der Waals surface area (Å²) in [5.74, 6) is 0.0322. The zero-order valence-corrected chi connectivity index (χ0v) is 9.34. The Labute approximate surface area is 92.0 Å². The molecule has 0 spiro atoms. The SMILES string of the molecule is COC(=O)c1ccnc(SCC(C)=O)c1. The monoisotopic (exact) mass is 225 g/mol. The molecule has 0 aliphatic carbocycles. The molecule has 0 bridgehead atoms. The quantitative estimate of drug-likeness (QED) is 0.574. The van der Waals surface area contributed by atoms with E-state index in [9.17, 15) is 9.59 Å². The van der Waals surface area contributed by atoms with E-state index in [1.807, 2.05) is 0 Å². The highest BCUT2D eigenvalue weighted by Crippen LogP contribution is 2.16. The average Bonchev–Trinajstić information content (AvgIpc) is 2.25. The number of carbonyl (C=O) groups is 2. The van der Waals surface area contributed by atoms with Gasteiger partial charge in [0.05, 0.1) is 23.5 Å². The van der Waals surface area contributed by atoms with Crippen LogP contribution in [0.3, 0.4) is 0 Å². The molecular weight excluding hydrogens is 214 g/mol. The Kier molecular flexibility index (Phi) is 4.30. The Morgan fingerprint density at radius 3 is 2.87 bits per heavy atom. The molecule has 4 nitrogen and oxygen atoms in total. The highest BCUT2D eigenvalue weighted by atomic mass is 32.2. The molecule has 5 heteroatoms. The van der Waals surface area contributed by atoms with E-state index < -0.39 is 5.97 Å². The maximum absolute atomic E-state index is 11.2. The number of esters is 1. The third-order valence-electron chi connectivity index (χ3n) is 1.58. The molecule has 1 aromatic heterocycles. The second kappa shape index (κ2) is 5.50. The lowest BCUT2D eigenvalue weighted by Crippen LogP contribution is -2.02. The van der Waals surface area contributed by atoms with E-state index in [4.69, 9.17) is 0 Å². The van der Waals surface area contributed by atoms with Gasteiger partial charge in [-0.3, -0.25) is 4.79 Å². The van der Waals surface area contributed by atoms with E-state index in [2.05, 4.69) is 9.72 Å². The van der Waals surface area contributed by atoms with Crippen molar-refractivity contribution in [2.75, 3.05) is 12.9 Å². The molecule has 0 atom stereocenters. The van der Waals surface area contributed by atoms with Gasteiger partial charge in [0.1, 0.15) is 5.78 Å². The molecule has 0 unspecified atom stereocenters. The summed E-state index contributed by atoms with van der Waals surface area (Å²) in [6, 6.07) is 3.18. The van der Waals surface area contributed by atoms with Crippen molar-refractivity contribution >= 4 is 23.5 Å². The predicted molar refractivity (Wildman–Crippen MR) is 57.0 cm³/mol. The molecule has 1 aromatic rings. The highest BCUT2D eigenvalue weighted by molar-refractivity contribution is 7.99. The number of methoxy groups -OCH3 is 1. The molecule has 15 heavy (non-hydrogen) atoms. The second-order valence-corrected chi connectivity index (χ2v) is 3.86. The second-order valence-electron chi connectivity index (χ2n) is 2.87. The first-order valence-electron chi connectivity index (χ1n) is 4.30. The van der Waals surface area contributed by atoms with Gasteiger partial charge in [0, 0.05) is 6.20 Å². The molecular formula is C10H11NO3S. The summed E-state index contributed by atoms with van der Waals surface area (Å²) in [5, 5.41) is 0.646. The third kappa shape index (κ3) is 3.71. The largest absolute Gasteiger partial charge is 0.465 e. The predicted octanol–water partition coefficient (Wildman–Crippen LogP) is 1.55. The summed E-state index contributed by atoms with van der Waals surface area (Å²) in [5.41, 5.74) is 0.443. The van der Waals surface area contributed by atoms with E-state index in [0.29, 0.717) is 16.3 Å². The summed E-state index contributed by atoms with van der Waals surface area (Å²) in [7, 11) is 1.32. The first-order chi connectivity index (χ1) is 7.13. The molecule has 0 radical (unpaired) electrons. The van der Waals surface area contributed by atoms with Crippen molar-refractivity contribution in [3.8, 4) is 0 Å². The maximum Gasteiger partial charge on any atom is 0.337 e. The molecule has 0 saturated carbocycles. The molecule has 0 amide bonds. The smallest absolute Gasteiger partial charge is 0.337 e. The fourth-order valence-electron chi connectivity index (χ4n) is 0.909. The van der Waals surface area contributed by atoms with Crippen LogP contribution in [0.1, 0.15) is 17.3 Å². The van der Waals surface area contributed by atoms with E-state index in [1.54, 1.807) is 12.1 Å². The standard InChI is InChI=1S/C10H11NO3S/c1-7(12)6-15-9-5-8(3-4-11-9)10(13)14-2/h3-5H,6H2,1-2H3. The van der Waals surface area contributed by atoms with Crippen molar-refractivity contribution in [3.05, 3.63) is 23.9 Å². The fourth-order valence-corrected chi connectivity index (χ4v) is 1.61. The van der Waals surface area contributed by atoms with Crippen molar-refractivity contribution in [1.29, 1.82) is 0 Å². The van der Waals surface area contributed by atoms with Gasteiger partial charge in [0.25, 0.3) is 0 Å². The van der Waals surface area contributed by atoms with Gasteiger partial charge < -0.3 is 4.74 Å². The van der Waals surface area contributed by atoms with E-state index in [0.717, 1.165) is 0 Å². The van der Waals surface area contributed by atoms with Gasteiger partial charge in [0.15, 0.2) is 0 Å². The topological polar surface area (TPSA) is 56.3 Å². The Morgan fingerprint density at radius 1 is 1.53 bits per heavy atom. The van der Waals surface area contributed by atoms with Crippen LogP contribution in [-0.2, 0) is 9.53 Å². The van der Waals surface area contributed by atoms with Crippen LogP contribution in [0.2, 0.25) is 0 Å². The van der Waals surface area contributed by atoms with Crippen LogP contribution in [0.4, 0.5) is 0 Å². The highest BCUT2D eigenvalue weighted by Gasteiger charge is 2.07. The summed E-state index contributed by atoms with van der Waals surface area (Å²) < 4.78 is 4.57. The number of Topliss-reactive ketones (excluding diaryl/α,β-unsaturated/α-hetero) is 1. The minimum Gasteiger partial charge on any atom is -0.465 e. The van der Waals surface area contributed by atoms with Gasteiger partial charge in [-0.2, -0.15) is 0 Å². The average molecular weight is 225 g/mol. The van der Waals surface area contributed by atoms with E-state index in [-0.39, 0.29) is 5.78 Å². The maximum atomic E-state index is 11.2. The van der Waals surface area contributed by atoms with E-state index >= 15 is 0 Å². The molecule has 1 heterocycles. The number of carbonyl (C=O) groups excluding carboxylic acids is 2. The Balaban J connectivity index is 2.74. The van der Waals surface area contributed by atoms with Gasteiger partial charge in [-0.05, 0) is 19.1 Å². The number of nitrogens with zero attached hydrogens (tertiary/aromatic N) is 1. The number of ether oxygens (including phenoxy) is 1. The van der Waals surface area contributed by atoms with Crippen molar-refractivity contribution in [1.82, 2.24) is 4.98 Å². The van der Waals surface area contributed by atoms with Gasteiger partial charge in [-0.25, -0.2) is 9.78 Å². The normalized spacial score (nSPS) is 9.73. The van der Waals surface area contributed by atoms with E-state index in [1.165, 1.54) is 32.0 Å². The van der Waals surface area contributed by atoms with Crippen molar-refractivity contribution in [2.24, 2.45) is 0 Å². The number of hydrogen-bond acceptors (Lipinski definition) is 5. The Hall–Kier alpha value is -1.36. The zero-order chi connectivity index (χ0) is 11.3. The molecule has 0 aliphatic heterocycles. The number of aromatic nitrogens is 1. The van der Waals surface area contributed by atoms with Crippen LogP contribution < -0.4 is 0 Å². The summed E-state index contributed by atoms with van der Waals surface area (Å²) in [6.07, 6.45) is 1.52. The fraction of sp³-hybridized carbons (Fsp3) is 0.300. The third-order valence-corrected chi connectivity index (χ3v) is 2.65. The molecule has 0 fully saturated rings. The van der Waals surface area contributed by atoms with Crippen LogP contribution in [0.5, 0.6) is 0 Å². The van der Waals surface area contributed by atoms with Gasteiger partial charge in [0.2, 0.25) is 0 Å². The lowest BCUT2D eigenvalue weighted by Gasteiger charge is -2.01. The van der Waals surface area contributed by atoms with Crippen LogP contribution >= 0.6 is 11.8 Å². The van der Waals surface area contributed by atoms with Crippen LogP contribution in [0.25, 0.3) is 0 Å². The minimum atomic E-state index is -0.401. The lowest BCUT2D eigenvalue weighted by molar-refractivity contribution is -0.114. The number of pyridine rings is 1. The van der Waals surface area contributed by atoms with Gasteiger partial charge in [-0.1, -0.05) is 11.8 Å². The number of hydrogen-bond donors (Lipinski definition) is 0. The Bertz CT molecular complexity index is 379. The summed E-state index contributed by atoms with van der Waals surface area (Å²) in [6.45, 7) is 1.51. The molecule has 80 valence electrons. The first-order valence-corrected chi connectivity index (χ1v) is 5.28. The van der Waals surface area contributed by atoms with Crippen LogP contribution in [-0.4, -0.2) is 29.6 Å². The molecule has 0 aromatic carbocycles. The van der Waals surface area contributed by atoms with Crippen molar-refractivity contribution in [3.63, 3.8) is 0 Å². The zero-order valence-electron chi connectivity index (χ0n) is 8.52. The number of rotatable bonds is 4. The van der Waals surface area contributed by atoms with Crippen molar-refractivity contribution in [2.45, 2.75) is 11.9 Å². The van der Waals surface area contributed by atoms with Crippen LogP contribution in [0.15, 0.2) is 23.4 Å². The molecule has 0 N–H and O–H groups in total. The molecule has 0 saturated heterocycles. The number of thioether (sulfide) groups is 1. The van der Waals surface area contributed by atoms with Gasteiger partial charge in [-0.15, -0.1) is 0 Å². The molecule has 1 rings (SSSR count). The minimum absolute atomic E-state index is 0.0743. The van der Waals surface area contributed by atoms with Gasteiger partial charge >= 0.3 is 5.97 Å². The first kappa shape index (κ1) is 11.7. The summed E-state index contributed by atoms with van der Waals surface area (Å²) >= 11 is 1.30. The molecule has 0 aliphatic rings. The van der Waals surface area contributed by atoms with Crippen LogP contribution in [0, 0.1) is 0 Å².